The van der Waals surface area contributed by atoms with Gasteiger partial charge in [0.15, 0.2) is 0 Å². The van der Waals surface area contributed by atoms with Crippen LogP contribution in [-0.2, 0) is 16.1 Å². The van der Waals surface area contributed by atoms with Gasteiger partial charge in [0.2, 0.25) is 5.91 Å². The molecule has 0 aromatic heterocycles. The molecule has 0 aliphatic carbocycles. The zero-order valence-corrected chi connectivity index (χ0v) is 8.93. The smallest absolute Gasteiger partial charge is 0.328 e. The lowest BCUT2D eigenvalue weighted by molar-refractivity contribution is -0.131. The number of amides is 1. The van der Waals surface area contributed by atoms with Crippen LogP contribution in [0.2, 0.25) is 0 Å². The number of carbonyl (C=O) groups is 2. The van der Waals surface area contributed by atoms with Gasteiger partial charge in [-0.3, -0.25) is 4.79 Å². The highest BCUT2D eigenvalue weighted by Crippen LogP contribution is 1.99. The maximum Gasteiger partial charge on any atom is 0.328 e. The van der Waals surface area contributed by atoms with Gasteiger partial charge in [0.25, 0.3) is 0 Å². The Bertz CT molecular complexity index is 410. The van der Waals surface area contributed by atoms with E-state index in [1.807, 2.05) is 30.3 Å². The van der Waals surface area contributed by atoms with E-state index >= 15 is 0 Å². The maximum absolute atomic E-state index is 11.4. The van der Waals surface area contributed by atoms with Gasteiger partial charge in [-0.1, -0.05) is 30.3 Å². The van der Waals surface area contributed by atoms with Crippen LogP contribution >= 0.6 is 0 Å². The Morgan fingerprint density at radius 3 is 2.50 bits per heavy atom. The first-order chi connectivity index (χ1) is 7.59. The van der Waals surface area contributed by atoms with Crippen LogP contribution in [0.4, 0.5) is 0 Å². The molecule has 0 bridgehead atoms. The number of hydrogen-bond donors (Lipinski definition) is 2. The quantitative estimate of drug-likeness (QED) is 0.751. The third-order valence-electron chi connectivity index (χ3n) is 1.99. The van der Waals surface area contributed by atoms with Crippen molar-refractivity contribution in [3.63, 3.8) is 0 Å². The van der Waals surface area contributed by atoms with Crippen molar-refractivity contribution in [2.45, 2.75) is 13.5 Å². The minimum absolute atomic E-state index is 0.184. The molecular formula is C12H13NO3. The second kappa shape index (κ2) is 5.70. The van der Waals surface area contributed by atoms with Crippen molar-refractivity contribution in [2.24, 2.45) is 0 Å². The van der Waals surface area contributed by atoms with Gasteiger partial charge in [0, 0.05) is 18.2 Å². The van der Waals surface area contributed by atoms with Gasteiger partial charge < -0.3 is 10.4 Å². The van der Waals surface area contributed by atoms with Crippen molar-refractivity contribution in [3.05, 3.63) is 47.5 Å². The van der Waals surface area contributed by atoms with Crippen molar-refractivity contribution in [1.82, 2.24) is 5.32 Å². The summed E-state index contributed by atoms with van der Waals surface area (Å²) < 4.78 is 0. The fraction of sp³-hybridized carbons (Fsp3) is 0.167. The standard InChI is InChI=1S/C12H13NO3/c1-9(7-11(14)15)12(16)13-8-10-5-3-2-4-6-10/h2-7H,8H2,1H3,(H,13,16)(H,14,15)/b9-7+. The molecule has 1 amide bonds. The molecule has 1 aromatic rings. The van der Waals surface area contributed by atoms with E-state index in [1.165, 1.54) is 6.92 Å². The van der Waals surface area contributed by atoms with E-state index in [2.05, 4.69) is 5.32 Å². The summed E-state index contributed by atoms with van der Waals surface area (Å²) in [5.41, 5.74) is 1.16. The molecule has 84 valence electrons. The zero-order valence-electron chi connectivity index (χ0n) is 8.93. The van der Waals surface area contributed by atoms with E-state index in [1.54, 1.807) is 0 Å². The molecule has 2 N–H and O–H groups in total. The van der Waals surface area contributed by atoms with Crippen LogP contribution in [0.1, 0.15) is 12.5 Å². The van der Waals surface area contributed by atoms with E-state index in [0.717, 1.165) is 11.6 Å². The molecule has 4 heteroatoms. The fourth-order valence-corrected chi connectivity index (χ4v) is 1.17. The van der Waals surface area contributed by atoms with Crippen LogP contribution in [0, 0.1) is 0 Å². The van der Waals surface area contributed by atoms with Crippen LogP contribution in [0.25, 0.3) is 0 Å². The molecule has 4 nitrogen and oxygen atoms in total. The molecule has 0 saturated carbocycles. The second-order valence-corrected chi connectivity index (χ2v) is 3.33. The van der Waals surface area contributed by atoms with Gasteiger partial charge in [-0.05, 0) is 12.5 Å². The topological polar surface area (TPSA) is 66.4 Å². The van der Waals surface area contributed by atoms with Crippen molar-refractivity contribution in [3.8, 4) is 0 Å². The average Bonchev–Trinajstić information content (AvgIpc) is 2.26. The highest BCUT2D eigenvalue weighted by molar-refractivity contribution is 5.98. The summed E-state index contributed by atoms with van der Waals surface area (Å²) in [5, 5.41) is 11.1. The molecular weight excluding hydrogens is 206 g/mol. The van der Waals surface area contributed by atoms with Crippen molar-refractivity contribution >= 4 is 11.9 Å². The Morgan fingerprint density at radius 1 is 1.31 bits per heavy atom. The van der Waals surface area contributed by atoms with Crippen LogP contribution in [0.5, 0.6) is 0 Å². The summed E-state index contributed by atoms with van der Waals surface area (Å²) in [6.07, 6.45) is 0.889. The first-order valence-corrected chi connectivity index (χ1v) is 4.83. The Morgan fingerprint density at radius 2 is 1.94 bits per heavy atom. The predicted molar refractivity (Wildman–Crippen MR) is 59.7 cm³/mol. The monoisotopic (exact) mass is 219 g/mol. The lowest BCUT2D eigenvalue weighted by Crippen LogP contribution is -2.23. The molecule has 0 atom stereocenters. The zero-order chi connectivity index (χ0) is 12.0. The van der Waals surface area contributed by atoms with E-state index < -0.39 is 5.97 Å². The van der Waals surface area contributed by atoms with Gasteiger partial charge in [-0.15, -0.1) is 0 Å². The predicted octanol–water partition coefficient (Wildman–Crippen LogP) is 1.33. The number of rotatable bonds is 4. The van der Waals surface area contributed by atoms with Crippen LogP contribution in [0.15, 0.2) is 42.0 Å². The molecule has 0 aliphatic heterocycles. The summed E-state index contributed by atoms with van der Waals surface area (Å²) in [4.78, 5) is 21.7. The van der Waals surface area contributed by atoms with E-state index in [9.17, 15) is 9.59 Å². The number of aliphatic carboxylic acids is 1. The second-order valence-electron chi connectivity index (χ2n) is 3.33. The lowest BCUT2D eigenvalue weighted by atomic mass is 10.2. The summed E-state index contributed by atoms with van der Waals surface area (Å²) in [6, 6.07) is 9.41. The largest absolute Gasteiger partial charge is 0.478 e. The Labute approximate surface area is 93.6 Å². The molecule has 0 radical (unpaired) electrons. The normalized spacial score (nSPS) is 10.9. The van der Waals surface area contributed by atoms with Gasteiger partial charge in [-0.25, -0.2) is 4.79 Å². The molecule has 1 aromatic carbocycles. The molecule has 16 heavy (non-hydrogen) atoms. The summed E-state index contributed by atoms with van der Waals surface area (Å²) in [5.74, 6) is -1.49. The highest BCUT2D eigenvalue weighted by Gasteiger charge is 2.05. The summed E-state index contributed by atoms with van der Waals surface area (Å²) >= 11 is 0. The summed E-state index contributed by atoms with van der Waals surface area (Å²) in [7, 11) is 0. The summed E-state index contributed by atoms with van der Waals surface area (Å²) in [6.45, 7) is 1.86. The Hall–Kier alpha value is -2.10. The molecule has 0 saturated heterocycles. The number of carbonyl (C=O) groups excluding carboxylic acids is 1. The minimum atomic E-state index is -1.12. The average molecular weight is 219 g/mol. The molecule has 0 spiro atoms. The van der Waals surface area contributed by atoms with Gasteiger partial charge in [0.1, 0.15) is 0 Å². The SMILES string of the molecule is C/C(=C\C(=O)O)C(=O)NCc1ccccc1. The number of carboxylic acid groups (broad SMARTS) is 1. The highest BCUT2D eigenvalue weighted by atomic mass is 16.4. The molecule has 0 unspecified atom stereocenters. The van der Waals surface area contributed by atoms with Crippen LogP contribution in [0.3, 0.4) is 0 Å². The van der Waals surface area contributed by atoms with E-state index in [0.29, 0.717) is 6.54 Å². The third-order valence-corrected chi connectivity index (χ3v) is 1.99. The molecule has 0 aliphatic rings. The maximum atomic E-state index is 11.4. The lowest BCUT2D eigenvalue weighted by Gasteiger charge is -2.04. The van der Waals surface area contributed by atoms with Gasteiger partial charge >= 0.3 is 5.97 Å². The number of carboxylic acids is 1. The number of benzene rings is 1. The number of nitrogens with one attached hydrogen (secondary N) is 1. The van der Waals surface area contributed by atoms with Crippen LogP contribution in [-0.4, -0.2) is 17.0 Å². The van der Waals surface area contributed by atoms with Crippen molar-refractivity contribution in [2.75, 3.05) is 0 Å². The van der Waals surface area contributed by atoms with Gasteiger partial charge in [-0.2, -0.15) is 0 Å². The van der Waals surface area contributed by atoms with Crippen molar-refractivity contribution in [1.29, 1.82) is 0 Å². The van der Waals surface area contributed by atoms with E-state index in [-0.39, 0.29) is 11.5 Å². The Kier molecular flexibility index (Phi) is 4.27. The van der Waals surface area contributed by atoms with Crippen molar-refractivity contribution < 1.29 is 14.7 Å². The molecule has 1 rings (SSSR count). The molecule has 0 heterocycles. The molecule has 0 fully saturated rings. The van der Waals surface area contributed by atoms with E-state index in [4.69, 9.17) is 5.11 Å². The van der Waals surface area contributed by atoms with Gasteiger partial charge in [0.05, 0.1) is 0 Å². The first-order valence-electron chi connectivity index (χ1n) is 4.83. The fourth-order valence-electron chi connectivity index (χ4n) is 1.17. The minimum Gasteiger partial charge on any atom is -0.478 e. The third kappa shape index (κ3) is 3.96. The number of hydrogen-bond acceptors (Lipinski definition) is 2. The van der Waals surface area contributed by atoms with Crippen LogP contribution < -0.4 is 5.32 Å². The Balaban J connectivity index is 2.51. The first kappa shape index (κ1) is 12.0.